The molecule has 5 nitrogen and oxygen atoms in total. The molecule has 0 aliphatic rings. The van der Waals surface area contributed by atoms with E-state index >= 15 is 0 Å². The molecule has 3 heterocycles. The first-order chi connectivity index (χ1) is 24.6. The second-order valence-electron chi connectivity index (χ2n) is 14.6. The maximum absolute atomic E-state index is 6.70. The Bertz CT molecular complexity index is 2340. The number of para-hydroxylation sites is 1. The van der Waals surface area contributed by atoms with Gasteiger partial charge in [-0.2, -0.15) is 11.2 Å². The summed E-state index contributed by atoms with van der Waals surface area (Å²) in [5, 5.41) is 7.48. The number of benzene rings is 4. The first-order valence-corrected chi connectivity index (χ1v) is 18.4. The Morgan fingerprint density at radius 3 is 2.27 bits per heavy atom. The summed E-state index contributed by atoms with van der Waals surface area (Å²) in [5.74, 6) is 3.01. The molecule has 0 bridgehead atoms. The molecule has 268 valence electrons. The van der Waals surface area contributed by atoms with Crippen molar-refractivity contribution >= 4 is 21.8 Å². The van der Waals surface area contributed by atoms with Crippen molar-refractivity contribution in [2.45, 2.75) is 87.0 Å². The molecule has 0 radical (unpaired) electrons. The first kappa shape index (κ1) is 37.3. The third-order valence-electron chi connectivity index (χ3n) is 9.95. The van der Waals surface area contributed by atoms with Gasteiger partial charge in [0.15, 0.2) is 0 Å². The number of rotatable bonds is 11. The molecule has 0 aliphatic heterocycles. The molecule has 0 aliphatic carbocycles. The van der Waals surface area contributed by atoms with Crippen LogP contribution >= 0.6 is 0 Å². The predicted molar refractivity (Wildman–Crippen MR) is 211 cm³/mol. The van der Waals surface area contributed by atoms with Crippen LogP contribution in [0.2, 0.25) is 0 Å². The van der Waals surface area contributed by atoms with E-state index in [0.717, 1.165) is 64.7 Å². The quantitative estimate of drug-likeness (QED) is 0.122. The zero-order valence-electron chi connectivity index (χ0n) is 31.6. The van der Waals surface area contributed by atoms with Crippen molar-refractivity contribution < 1.29 is 25.8 Å². The predicted octanol–water partition coefficient (Wildman–Crippen LogP) is 12.0. The molecule has 6 heteroatoms. The second kappa shape index (κ2) is 15.6. The van der Waals surface area contributed by atoms with Crippen LogP contribution in [0.25, 0.3) is 44.4 Å². The summed E-state index contributed by atoms with van der Waals surface area (Å²) in [6.07, 6.45) is 5.98. The van der Waals surface area contributed by atoms with Crippen LogP contribution in [0.4, 0.5) is 0 Å². The molecule has 7 aromatic rings. The number of aryl methyl sites for hydroxylation is 4. The van der Waals surface area contributed by atoms with Crippen molar-refractivity contribution in [2.75, 3.05) is 0 Å². The van der Waals surface area contributed by atoms with Gasteiger partial charge in [-0.05, 0) is 103 Å². The monoisotopic (exact) mass is 867 g/mol. The van der Waals surface area contributed by atoms with E-state index in [9.17, 15) is 0 Å². The van der Waals surface area contributed by atoms with Crippen molar-refractivity contribution in [2.24, 2.45) is 5.92 Å². The molecule has 0 unspecified atom stereocenters. The van der Waals surface area contributed by atoms with Crippen molar-refractivity contribution in [3.63, 3.8) is 0 Å². The molecule has 0 saturated heterocycles. The Morgan fingerprint density at radius 2 is 1.54 bits per heavy atom. The largest absolute Gasteiger partial charge is 2.00 e. The van der Waals surface area contributed by atoms with Gasteiger partial charge in [-0.25, -0.2) is 4.98 Å². The molecule has 4 aromatic carbocycles. The first-order valence-electron chi connectivity index (χ1n) is 18.4. The van der Waals surface area contributed by atoms with Gasteiger partial charge in [0.1, 0.15) is 5.82 Å². The minimum Gasteiger partial charge on any atom is -0.509 e. The van der Waals surface area contributed by atoms with Gasteiger partial charge in [-0.15, -0.1) is 41.3 Å². The number of nitrogens with zero attached hydrogens (tertiary/aromatic N) is 4. The van der Waals surface area contributed by atoms with Crippen LogP contribution in [0.5, 0.6) is 11.5 Å². The van der Waals surface area contributed by atoms with Gasteiger partial charge in [0.25, 0.3) is 0 Å². The fourth-order valence-electron chi connectivity index (χ4n) is 7.33. The number of pyridine rings is 1. The molecule has 3 aromatic heterocycles. The van der Waals surface area contributed by atoms with Crippen molar-refractivity contribution in [3.8, 4) is 34.1 Å². The summed E-state index contributed by atoms with van der Waals surface area (Å²) in [6, 6.07) is 35.1. The number of fused-ring (bicyclic) bond motifs is 3. The third-order valence-corrected chi connectivity index (χ3v) is 9.95. The summed E-state index contributed by atoms with van der Waals surface area (Å²) in [5.41, 5.74) is 12.7. The Kier molecular flexibility index (Phi) is 11.2. The fraction of sp³-hybridized carbons (Fsp3) is 0.304. The normalized spacial score (nSPS) is 11.6. The fourth-order valence-corrected chi connectivity index (χ4v) is 7.33. The smallest absolute Gasteiger partial charge is 0.509 e. The molecule has 0 amide bonds. The Morgan fingerprint density at radius 1 is 0.769 bits per heavy atom. The average molecular weight is 868 g/mol. The maximum Gasteiger partial charge on any atom is 2.00 e. The topological polar surface area (TPSA) is 44.9 Å². The minimum absolute atomic E-state index is 0. The van der Waals surface area contributed by atoms with Crippen LogP contribution in [-0.2, 0) is 33.9 Å². The SMILES string of the molecule is CCCc1ccnc(-n2c3[c-]c(Oc4[c-]c(-n5nc(C)c(-c6c(C)cccc6C)c5CCC(C)C)cc(C(C)C)c4)ccc3c3ccccc32)c1.[Pt+2]. The van der Waals surface area contributed by atoms with E-state index < -0.39 is 0 Å². The van der Waals surface area contributed by atoms with Crippen molar-refractivity contribution in [1.82, 2.24) is 19.3 Å². The van der Waals surface area contributed by atoms with Crippen LogP contribution in [-0.4, -0.2) is 19.3 Å². The van der Waals surface area contributed by atoms with Gasteiger partial charge in [0.2, 0.25) is 0 Å². The molecule has 0 spiro atoms. The molecule has 0 saturated carbocycles. The van der Waals surface area contributed by atoms with E-state index in [1.165, 1.54) is 39.1 Å². The molecule has 0 atom stereocenters. The zero-order valence-corrected chi connectivity index (χ0v) is 33.9. The van der Waals surface area contributed by atoms with Crippen LogP contribution in [0, 0.1) is 38.8 Å². The standard InChI is InChI=1S/C46H48N4O.Pt/c1-9-13-34-22-23-47-44(24-34)49-41-17-11-10-16-39(41)40-20-19-37(28-43(40)49)51-38-26-35(30(4)5)25-36(27-38)50-42(21-18-29(2)3)46(33(8)48-50)45-31(6)14-12-15-32(45)7;/h10-12,14-17,19-20,22-26,29-30H,9,13,18,21H2,1-8H3;/q-2;+2. The molecule has 52 heavy (non-hydrogen) atoms. The van der Waals surface area contributed by atoms with Crippen LogP contribution in [0.1, 0.15) is 87.0 Å². The number of ether oxygens (including phenoxy) is 1. The zero-order chi connectivity index (χ0) is 35.8. The van der Waals surface area contributed by atoms with E-state index in [0.29, 0.717) is 17.4 Å². The second-order valence-corrected chi connectivity index (χ2v) is 14.6. The van der Waals surface area contributed by atoms with E-state index in [1.54, 1.807) is 0 Å². The Balaban J connectivity index is 0.00000464. The third kappa shape index (κ3) is 7.26. The summed E-state index contributed by atoms with van der Waals surface area (Å²) >= 11 is 0. The van der Waals surface area contributed by atoms with Gasteiger partial charge in [0.05, 0.1) is 5.69 Å². The molecule has 0 N–H and O–H groups in total. The van der Waals surface area contributed by atoms with Gasteiger partial charge in [-0.1, -0.05) is 83.0 Å². The number of aromatic nitrogens is 4. The van der Waals surface area contributed by atoms with Crippen LogP contribution < -0.4 is 4.74 Å². The summed E-state index contributed by atoms with van der Waals surface area (Å²) in [6.45, 7) is 17.8. The van der Waals surface area contributed by atoms with E-state index in [2.05, 4.69) is 150 Å². The van der Waals surface area contributed by atoms with E-state index in [1.807, 2.05) is 12.3 Å². The summed E-state index contributed by atoms with van der Waals surface area (Å²) < 4.78 is 11.0. The van der Waals surface area contributed by atoms with Gasteiger partial charge < -0.3 is 9.30 Å². The molecular weight excluding hydrogens is 820 g/mol. The number of hydrogen-bond donors (Lipinski definition) is 0. The summed E-state index contributed by atoms with van der Waals surface area (Å²) in [7, 11) is 0. The van der Waals surface area contributed by atoms with Gasteiger partial charge >= 0.3 is 21.1 Å². The minimum atomic E-state index is 0. The van der Waals surface area contributed by atoms with Crippen molar-refractivity contribution in [1.29, 1.82) is 0 Å². The number of hydrogen-bond acceptors (Lipinski definition) is 3. The average Bonchev–Trinajstić information content (AvgIpc) is 3.61. The van der Waals surface area contributed by atoms with E-state index in [-0.39, 0.29) is 27.0 Å². The molecular formula is C46H48N4OPt. The van der Waals surface area contributed by atoms with Crippen LogP contribution in [0.3, 0.4) is 0 Å². The Labute approximate surface area is 323 Å². The molecule has 7 rings (SSSR count). The van der Waals surface area contributed by atoms with Crippen molar-refractivity contribution in [3.05, 3.63) is 131 Å². The maximum atomic E-state index is 6.70. The van der Waals surface area contributed by atoms with E-state index in [4.69, 9.17) is 14.8 Å². The molecule has 0 fully saturated rings. The van der Waals surface area contributed by atoms with Gasteiger partial charge in [0, 0.05) is 34.5 Å². The van der Waals surface area contributed by atoms with Crippen LogP contribution in [0.15, 0.2) is 85.1 Å². The van der Waals surface area contributed by atoms with Gasteiger partial charge in [-0.3, -0.25) is 4.68 Å². The Hall–Kier alpha value is -4.47. The summed E-state index contributed by atoms with van der Waals surface area (Å²) in [4.78, 5) is 4.82.